The van der Waals surface area contributed by atoms with Crippen molar-refractivity contribution >= 4 is 8.07 Å². The van der Waals surface area contributed by atoms with Crippen LogP contribution in [0.4, 0.5) is 0 Å². The van der Waals surface area contributed by atoms with Crippen LogP contribution >= 0.6 is 0 Å². The summed E-state index contributed by atoms with van der Waals surface area (Å²) in [4.78, 5) is 0. The third kappa shape index (κ3) is 4.75. The highest BCUT2D eigenvalue weighted by molar-refractivity contribution is 6.83. The Kier molecular flexibility index (Phi) is 7.30. The Morgan fingerprint density at radius 2 is 1.56 bits per heavy atom. The van der Waals surface area contributed by atoms with Crippen LogP contribution in [-0.2, 0) is 11.2 Å². The van der Waals surface area contributed by atoms with Crippen LogP contribution in [0.3, 0.4) is 0 Å². The molecule has 1 aromatic carbocycles. The Morgan fingerprint density at radius 3 is 2.04 bits per heavy atom. The molecule has 0 radical (unpaired) electrons. The molecule has 1 aliphatic rings. The van der Waals surface area contributed by atoms with Crippen LogP contribution < -0.4 is 0 Å². The Bertz CT molecular complexity index is 490. The lowest BCUT2D eigenvalue weighted by molar-refractivity contribution is -0.0758. The quantitative estimate of drug-likeness (QED) is 0.633. The van der Waals surface area contributed by atoms with E-state index in [1.807, 2.05) is 6.07 Å². The molecular formula is C22H38O2Si. The second-order valence-corrected chi connectivity index (χ2v) is 15.1. The van der Waals surface area contributed by atoms with Gasteiger partial charge in [0.1, 0.15) is 0 Å². The first-order valence-corrected chi connectivity index (χ1v) is 12.5. The summed E-state index contributed by atoms with van der Waals surface area (Å²) in [7, 11) is -1.48. The Morgan fingerprint density at radius 1 is 1.00 bits per heavy atom. The van der Waals surface area contributed by atoms with Gasteiger partial charge in [-0.15, -0.1) is 0 Å². The molecule has 0 aromatic heterocycles. The number of hydrogen-bond donors (Lipinski definition) is 1. The van der Waals surface area contributed by atoms with E-state index in [0.29, 0.717) is 6.61 Å². The maximum atomic E-state index is 10.7. The van der Waals surface area contributed by atoms with Crippen molar-refractivity contribution in [1.29, 1.82) is 0 Å². The normalized spacial score (nSPS) is 25.1. The molecule has 142 valence electrons. The Balaban J connectivity index is 2.02. The van der Waals surface area contributed by atoms with Crippen LogP contribution in [0.25, 0.3) is 0 Å². The van der Waals surface area contributed by atoms with Crippen molar-refractivity contribution in [1.82, 2.24) is 0 Å². The van der Waals surface area contributed by atoms with E-state index in [2.05, 4.69) is 65.8 Å². The molecule has 3 atom stereocenters. The van der Waals surface area contributed by atoms with Gasteiger partial charge in [-0.1, -0.05) is 88.5 Å². The molecule has 25 heavy (non-hydrogen) atoms. The van der Waals surface area contributed by atoms with Gasteiger partial charge in [-0.25, -0.2) is 0 Å². The van der Waals surface area contributed by atoms with Gasteiger partial charge in [-0.2, -0.15) is 0 Å². The lowest BCUT2D eigenvalue weighted by Gasteiger charge is -2.47. The number of ether oxygens (including phenoxy) is 1. The van der Waals surface area contributed by atoms with Gasteiger partial charge in [0.25, 0.3) is 0 Å². The fourth-order valence-corrected chi connectivity index (χ4v) is 11.7. The monoisotopic (exact) mass is 362 g/mol. The van der Waals surface area contributed by atoms with Crippen molar-refractivity contribution in [3.8, 4) is 0 Å². The molecule has 1 heterocycles. The van der Waals surface area contributed by atoms with Crippen molar-refractivity contribution in [2.75, 3.05) is 6.61 Å². The van der Waals surface area contributed by atoms with Gasteiger partial charge in [0.05, 0.1) is 26.9 Å². The van der Waals surface area contributed by atoms with Gasteiger partial charge in [-0.05, 0) is 24.4 Å². The van der Waals surface area contributed by atoms with Crippen molar-refractivity contribution in [3.63, 3.8) is 0 Å². The summed E-state index contributed by atoms with van der Waals surface area (Å²) < 4.78 is 6.31. The largest absolute Gasteiger partial charge is 0.393 e. The molecule has 2 rings (SSSR count). The minimum atomic E-state index is -1.48. The summed E-state index contributed by atoms with van der Waals surface area (Å²) in [6.07, 6.45) is 1.71. The molecule has 0 amide bonds. The lowest BCUT2D eigenvalue weighted by atomic mass is 9.89. The summed E-state index contributed by atoms with van der Waals surface area (Å²) in [5, 5.41) is 10.7. The van der Waals surface area contributed by atoms with Crippen molar-refractivity contribution in [3.05, 3.63) is 35.9 Å². The Hall–Kier alpha value is -0.643. The molecule has 0 spiro atoms. The van der Waals surface area contributed by atoms with Gasteiger partial charge in [-0.3, -0.25) is 0 Å². The molecule has 1 saturated heterocycles. The third-order valence-electron chi connectivity index (χ3n) is 6.74. The number of rotatable bonds is 7. The molecule has 0 aliphatic carbocycles. The van der Waals surface area contributed by atoms with E-state index in [1.165, 1.54) is 11.6 Å². The molecule has 1 fully saturated rings. The molecule has 3 heteroatoms. The number of aliphatic hydroxyl groups is 1. The minimum absolute atomic E-state index is 0.229. The van der Waals surface area contributed by atoms with Crippen LogP contribution in [0.1, 0.15) is 53.5 Å². The highest BCUT2D eigenvalue weighted by Crippen LogP contribution is 2.46. The van der Waals surface area contributed by atoms with Crippen LogP contribution in [-0.4, -0.2) is 32.0 Å². The van der Waals surface area contributed by atoms with Gasteiger partial charge < -0.3 is 9.84 Å². The highest BCUT2D eigenvalue weighted by atomic mass is 28.3. The molecule has 0 unspecified atom stereocenters. The molecule has 0 saturated carbocycles. The predicted octanol–water partition coefficient (Wildman–Crippen LogP) is 5.67. The van der Waals surface area contributed by atoms with Gasteiger partial charge >= 0.3 is 0 Å². The third-order valence-corrected chi connectivity index (χ3v) is 14.4. The summed E-state index contributed by atoms with van der Waals surface area (Å²) in [5.74, 6) is 0.229. The first kappa shape index (κ1) is 20.7. The van der Waals surface area contributed by atoms with Crippen molar-refractivity contribution < 1.29 is 9.84 Å². The van der Waals surface area contributed by atoms with Crippen LogP contribution in [0, 0.1) is 5.92 Å². The lowest BCUT2D eigenvalue weighted by Crippen LogP contribution is -2.49. The zero-order valence-electron chi connectivity index (χ0n) is 17.0. The fourth-order valence-electron chi connectivity index (χ4n) is 5.26. The number of hydrogen-bond acceptors (Lipinski definition) is 2. The minimum Gasteiger partial charge on any atom is -0.393 e. The van der Waals surface area contributed by atoms with E-state index in [9.17, 15) is 5.11 Å². The summed E-state index contributed by atoms with van der Waals surface area (Å²) >= 11 is 0. The maximum Gasteiger partial charge on any atom is 0.0638 e. The van der Waals surface area contributed by atoms with Crippen LogP contribution in [0.15, 0.2) is 30.3 Å². The molecule has 1 N–H and O–H groups in total. The van der Waals surface area contributed by atoms with Gasteiger partial charge in [0.15, 0.2) is 0 Å². The molecule has 1 aliphatic heterocycles. The summed E-state index contributed by atoms with van der Waals surface area (Å²) in [5.41, 5.74) is 3.53. The van der Waals surface area contributed by atoms with E-state index < -0.39 is 8.07 Å². The van der Waals surface area contributed by atoms with Gasteiger partial charge in [0, 0.05) is 5.92 Å². The smallest absolute Gasteiger partial charge is 0.0638 e. The fraction of sp³-hybridized carbons (Fsp3) is 0.727. The summed E-state index contributed by atoms with van der Waals surface area (Å²) in [6.45, 7) is 15.1. The predicted molar refractivity (Wildman–Crippen MR) is 110 cm³/mol. The second kappa shape index (κ2) is 8.83. The zero-order chi connectivity index (χ0) is 18.6. The molecule has 1 aromatic rings. The summed E-state index contributed by atoms with van der Waals surface area (Å²) in [6, 6.07) is 11.7. The van der Waals surface area contributed by atoms with Gasteiger partial charge in [0.2, 0.25) is 0 Å². The number of aliphatic hydroxyl groups excluding tert-OH is 1. The second-order valence-electron chi connectivity index (χ2n) is 8.99. The van der Waals surface area contributed by atoms with E-state index in [0.717, 1.165) is 29.5 Å². The SMILES string of the molecule is CC(C)[Si](C[C@@H]1C[C@H](O)[C@@H](Cc2ccccc2)CO1)(C(C)C)C(C)C. The van der Waals surface area contributed by atoms with Crippen molar-refractivity contribution in [2.45, 2.75) is 89.3 Å². The molecule has 2 nitrogen and oxygen atoms in total. The zero-order valence-corrected chi connectivity index (χ0v) is 18.0. The average molecular weight is 363 g/mol. The maximum absolute atomic E-state index is 10.7. The highest BCUT2D eigenvalue weighted by Gasteiger charge is 2.45. The van der Waals surface area contributed by atoms with E-state index in [4.69, 9.17) is 4.74 Å². The van der Waals surface area contributed by atoms with E-state index in [-0.39, 0.29) is 18.1 Å². The topological polar surface area (TPSA) is 29.5 Å². The first-order chi connectivity index (χ1) is 11.8. The standard InChI is InChI=1S/C22H38O2Si/c1-16(2)25(17(3)4,18(5)6)15-21-13-22(23)20(14-24-21)12-19-10-8-7-9-11-19/h7-11,16-18,20-23H,12-15H2,1-6H3/t20-,21-,22-/m0/s1. The molecule has 0 bridgehead atoms. The van der Waals surface area contributed by atoms with E-state index in [1.54, 1.807) is 0 Å². The molecular weight excluding hydrogens is 324 g/mol. The van der Waals surface area contributed by atoms with Crippen LogP contribution in [0.2, 0.25) is 22.7 Å². The average Bonchev–Trinajstić information content (AvgIpc) is 2.55. The van der Waals surface area contributed by atoms with Crippen molar-refractivity contribution in [2.24, 2.45) is 5.92 Å². The Labute approximate surface area is 156 Å². The first-order valence-electron chi connectivity index (χ1n) is 10.1. The van der Waals surface area contributed by atoms with E-state index >= 15 is 0 Å². The van der Waals surface area contributed by atoms with Crippen LogP contribution in [0.5, 0.6) is 0 Å². The number of benzene rings is 1.